The second kappa shape index (κ2) is 11.3. The summed E-state index contributed by atoms with van der Waals surface area (Å²) >= 11 is 0. The van der Waals surface area contributed by atoms with Crippen LogP contribution in [0.2, 0.25) is 0 Å². The quantitative estimate of drug-likeness (QED) is 0.544. The van der Waals surface area contributed by atoms with Crippen LogP contribution < -0.4 is 5.32 Å². The van der Waals surface area contributed by atoms with Crippen molar-refractivity contribution in [1.82, 2.24) is 5.32 Å². The Hall–Kier alpha value is -0.330. The van der Waals surface area contributed by atoms with E-state index < -0.39 is 18.7 Å². The van der Waals surface area contributed by atoms with Gasteiger partial charge in [0.1, 0.15) is 0 Å². The summed E-state index contributed by atoms with van der Waals surface area (Å²) in [5, 5.41) is 12.1. The number of hydrogen-bond donors (Lipinski definition) is 2. The number of alkyl halides is 3. The van der Waals surface area contributed by atoms with Gasteiger partial charge in [-0.1, -0.05) is 33.1 Å². The Morgan fingerprint density at radius 2 is 1.90 bits per heavy atom. The average Bonchev–Trinajstić information content (AvgIpc) is 2.37. The molecular formula is C14H28F3NO2. The van der Waals surface area contributed by atoms with Crippen molar-refractivity contribution in [3.05, 3.63) is 0 Å². The lowest BCUT2D eigenvalue weighted by molar-refractivity contribution is -0.133. The molecule has 0 saturated carbocycles. The summed E-state index contributed by atoms with van der Waals surface area (Å²) in [6.07, 6.45) is -1.30. The van der Waals surface area contributed by atoms with Crippen LogP contribution in [0.4, 0.5) is 13.2 Å². The first kappa shape index (κ1) is 19.7. The number of nitrogens with one attached hydrogen (secondary N) is 1. The van der Waals surface area contributed by atoms with Crippen LogP contribution in [-0.4, -0.2) is 43.7 Å². The second-order valence-electron chi connectivity index (χ2n) is 5.18. The molecule has 0 aromatic carbocycles. The van der Waals surface area contributed by atoms with Crippen LogP contribution in [0.1, 0.15) is 46.0 Å². The monoisotopic (exact) mass is 299 g/mol. The minimum absolute atomic E-state index is 0.127. The molecule has 3 nitrogen and oxygen atoms in total. The zero-order valence-corrected chi connectivity index (χ0v) is 12.5. The van der Waals surface area contributed by atoms with Gasteiger partial charge in [-0.2, -0.15) is 13.2 Å². The van der Waals surface area contributed by atoms with Crippen LogP contribution in [0, 0.1) is 5.92 Å². The summed E-state index contributed by atoms with van der Waals surface area (Å²) in [7, 11) is 0. The standard InChI is InChI=1S/C14H28F3NO2/c1-3-5-6-12(4-2)10-20-11-13(19)9-18-8-7-14(15,16)17/h12-13,18-19H,3-11H2,1-2H3. The zero-order chi connectivity index (χ0) is 15.4. The van der Waals surface area contributed by atoms with Gasteiger partial charge in [-0.25, -0.2) is 0 Å². The molecule has 0 aromatic rings. The van der Waals surface area contributed by atoms with E-state index >= 15 is 0 Å². The van der Waals surface area contributed by atoms with Crippen LogP contribution in [0.5, 0.6) is 0 Å². The summed E-state index contributed by atoms with van der Waals surface area (Å²) in [6.45, 7) is 4.98. The maximum absolute atomic E-state index is 11.9. The molecule has 0 spiro atoms. The highest BCUT2D eigenvalue weighted by molar-refractivity contribution is 4.62. The highest BCUT2D eigenvalue weighted by Crippen LogP contribution is 2.18. The van der Waals surface area contributed by atoms with Gasteiger partial charge in [0.15, 0.2) is 0 Å². The van der Waals surface area contributed by atoms with E-state index in [0.717, 1.165) is 19.3 Å². The van der Waals surface area contributed by atoms with Crippen molar-refractivity contribution in [2.24, 2.45) is 5.92 Å². The fourth-order valence-corrected chi connectivity index (χ4v) is 1.83. The molecule has 0 amide bonds. The molecule has 0 heterocycles. The Morgan fingerprint density at radius 3 is 2.45 bits per heavy atom. The van der Waals surface area contributed by atoms with Crippen molar-refractivity contribution >= 4 is 0 Å². The largest absolute Gasteiger partial charge is 0.390 e. The van der Waals surface area contributed by atoms with Gasteiger partial charge < -0.3 is 15.2 Å². The smallest absolute Gasteiger partial charge is 0.389 e. The summed E-state index contributed by atoms with van der Waals surface area (Å²) in [6, 6.07) is 0. The van der Waals surface area contributed by atoms with E-state index in [1.165, 1.54) is 6.42 Å². The summed E-state index contributed by atoms with van der Waals surface area (Å²) < 4.78 is 41.1. The second-order valence-corrected chi connectivity index (χ2v) is 5.18. The van der Waals surface area contributed by atoms with Crippen molar-refractivity contribution in [2.75, 3.05) is 26.3 Å². The minimum atomic E-state index is -4.15. The number of hydrogen-bond acceptors (Lipinski definition) is 3. The van der Waals surface area contributed by atoms with Gasteiger partial charge in [-0.05, 0) is 12.3 Å². The summed E-state index contributed by atoms with van der Waals surface area (Å²) in [4.78, 5) is 0. The highest BCUT2D eigenvalue weighted by Gasteiger charge is 2.26. The predicted molar refractivity (Wildman–Crippen MR) is 73.7 cm³/mol. The van der Waals surface area contributed by atoms with Crippen molar-refractivity contribution in [2.45, 2.75) is 58.2 Å². The van der Waals surface area contributed by atoms with Crippen molar-refractivity contribution in [3.63, 3.8) is 0 Å². The number of rotatable bonds is 12. The van der Waals surface area contributed by atoms with Crippen LogP contribution in [-0.2, 0) is 4.74 Å². The van der Waals surface area contributed by atoms with E-state index in [-0.39, 0.29) is 19.7 Å². The lowest BCUT2D eigenvalue weighted by atomic mass is 10.0. The minimum Gasteiger partial charge on any atom is -0.389 e. The predicted octanol–water partition coefficient (Wildman–Crippen LogP) is 3.12. The van der Waals surface area contributed by atoms with E-state index in [4.69, 9.17) is 4.74 Å². The van der Waals surface area contributed by atoms with E-state index in [1.807, 2.05) is 0 Å². The molecule has 0 aliphatic rings. The van der Waals surface area contributed by atoms with Crippen molar-refractivity contribution < 1.29 is 23.0 Å². The molecule has 0 rings (SSSR count). The molecule has 6 heteroatoms. The number of aliphatic hydroxyl groups is 1. The first-order valence-electron chi connectivity index (χ1n) is 7.42. The average molecular weight is 299 g/mol. The number of halogens is 3. The molecule has 0 bridgehead atoms. The molecule has 2 N–H and O–H groups in total. The fourth-order valence-electron chi connectivity index (χ4n) is 1.83. The zero-order valence-electron chi connectivity index (χ0n) is 12.5. The van der Waals surface area contributed by atoms with Gasteiger partial charge in [0.05, 0.1) is 19.1 Å². The van der Waals surface area contributed by atoms with Gasteiger partial charge in [0, 0.05) is 19.7 Å². The first-order chi connectivity index (χ1) is 9.39. The molecule has 0 saturated heterocycles. The number of ether oxygens (including phenoxy) is 1. The number of unbranched alkanes of at least 4 members (excludes halogenated alkanes) is 1. The van der Waals surface area contributed by atoms with E-state index in [1.54, 1.807) is 0 Å². The van der Waals surface area contributed by atoms with Crippen LogP contribution in [0.25, 0.3) is 0 Å². The Morgan fingerprint density at radius 1 is 1.20 bits per heavy atom. The SMILES string of the molecule is CCCCC(CC)COCC(O)CNCCC(F)(F)F. The third kappa shape index (κ3) is 12.7. The van der Waals surface area contributed by atoms with E-state index in [2.05, 4.69) is 19.2 Å². The van der Waals surface area contributed by atoms with Crippen LogP contribution in [0.15, 0.2) is 0 Å². The van der Waals surface area contributed by atoms with E-state index in [0.29, 0.717) is 12.5 Å². The Kier molecular flexibility index (Phi) is 11.2. The molecule has 0 aromatic heterocycles. The van der Waals surface area contributed by atoms with Crippen molar-refractivity contribution in [3.8, 4) is 0 Å². The summed E-state index contributed by atoms with van der Waals surface area (Å²) in [5.41, 5.74) is 0. The third-order valence-corrected chi connectivity index (χ3v) is 3.17. The molecule has 0 aliphatic carbocycles. The molecule has 0 radical (unpaired) electrons. The normalized spacial score (nSPS) is 15.3. The highest BCUT2D eigenvalue weighted by atomic mass is 19.4. The molecule has 2 unspecified atom stereocenters. The first-order valence-corrected chi connectivity index (χ1v) is 7.42. The number of aliphatic hydroxyl groups excluding tert-OH is 1. The molecule has 0 fully saturated rings. The van der Waals surface area contributed by atoms with Crippen LogP contribution >= 0.6 is 0 Å². The van der Waals surface area contributed by atoms with Gasteiger partial charge in [0.2, 0.25) is 0 Å². The molecular weight excluding hydrogens is 271 g/mol. The van der Waals surface area contributed by atoms with Gasteiger partial charge in [-0.15, -0.1) is 0 Å². The third-order valence-electron chi connectivity index (χ3n) is 3.17. The van der Waals surface area contributed by atoms with E-state index in [9.17, 15) is 18.3 Å². The molecule has 122 valence electrons. The maximum Gasteiger partial charge on any atom is 0.390 e. The van der Waals surface area contributed by atoms with Gasteiger partial charge in [0.25, 0.3) is 0 Å². The maximum atomic E-state index is 11.9. The Bertz CT molecular complexity index is 225. The van der Waals surface area contributed by atoms with Crippen molar-refractivity contribution in [1.29, 1.82) is 0 Å². The Balaban J connectivity index is 3.54. The topological polar surface area (TPSA) is 41.5 Å². The lowest BCUT2D eigenvalue weighted by Gasteiger charge is -2.17. The molecule has 20 heavy (non-hydrogen) atoms. The lowest BCUT2D eigenvalue weighted by Crippen LogP contribution is -2.33. The summed E-state index contributed by atoms with van der Waals surface area (Å²) in [5.74, 6) is 0.500. The molecule has 0 aliphatic heterocycles. The Labute approximate surface area is 119 Å². The van der Waals surface area contributed by atoms with Crippen LogP contribution in [0.3, 0.4) is 0 Å². The molecule has 2 atom stereocenters. The van der Waals surface area contributed by atoms with Gasteiger partial charge >= 0.3 is 6.18 Å². The fraction of sp³-hybridized carbons (Fsp3) is 1.00. The van der Waals surface area contributed by atoms with Gasteiger partial charge in [-0.3, -0.25) is 0 Å².